The zero-order valence-corrected chi connectivity index (χ0v) is 12.0. The molecule has 2 rings (SSSR count). The van der Waals surface area contributed by atoms with Crippen molar-refractivity contribution in [1.82, 2.24) is 0 Å². The van der Waals surface area contributed by atoms with Crippen LogP contribution in [-0.4, -0.2) is 17.3 Å². The summed E-state index contributed by atoms with van der Waals surface area (Å²) in [4.78, 5) is 0. The second-order valence-electron chi connectivity index (χ2n) is 6.95. The Balaban J connectivity index is 2.04. The fourth-order valence-electron chi connectivity index (χ4n) is 2.26. The van der Waals surface area contributed by atoms with Crippen molar-refractivity contribution >= 4 is 0 Å². The maximum absolute atomic E-state index is 9.69. The van der Waals surface area contributed by atoms with Crippen LogP contribution in [0.1, 0.15) is 46.6 Å². The van der Waals surface area contributed by atoms with Crippen LogP contribution >= 0.6 is 0 Å². The van der Waals surface area contributed by atoms with Crippen LogP contribution in [0.15, 0.2) is 24.3 Å². The monoisotopic (exact) mass is 248 g/mol. The lowest BCUT2D eigenvalue weighted by Crippen LogP contribution is -2.56. The highest BCUT2D eigenvalue weighted by atomic mass is 16.5. The summed E-state index contributed by atoms with van der Waals surface area (Å²) in [5.41, 5.74) is 1.34. The van der Waals surface area contributed by atoms with E-state index in [2.05, 4.69) is 46.8 Å². The van der Waals surface area contributed by atoms with Gasteiger partial charge in [-0.05, 0) is 23.1 Å². The molecule has 1 aromatic rings. The molecule has 0 bridgehead atoms. The van der Waals surface area contributed by atoms with E-state index in [1.54, 1.807) is 0 Å². The van der Waals surface area contributed by atoms with Gasteiger partial charge in [0.25, 0.3) is 0 Å². The Morgan fingerprint density at radius 2 is 1.72 bits per heavy atom. The topological polar surface area (TPSA) is 29.5 Å². The third-order valence-electron chi connectivity index (χ3n) is 4.12. The lowest BCUT2D eigenvalue weighted by molar-refractivity contribution is -0.134. The fourth-order valence-corrected chi connectivity index (χ4v) is 2.26. The molecule has 0 radical (unpaired) electrons. The Bertz CT molecular complexity index is 412. The van der Waals surface area contributed by atoms with Gasteiger partial charge in [0.2, 0.25) is 0 Å². The summed E-state index contributed by atoms with van der Waals surface area (Å²) in [6, 6.07) is 8.30. The molecule has 0 heterocycles. The first-order chi connectivity index (χ1) is 8.21. The normalized spacial score (nSPS) is 26.6. The Labute approximate surface area is 110 Å². The van der Waals surface area contributed by atoms with E-state index >= 15 is 0 Å². The summed E-state index contributed by atoms with van der Waals surface area (Å²) in [6.07, 6.45) is 0.609. The van der Waals surface area contributed by atoms with Crippen molar-refractivity contribution in [2.24, 2.45) is 5.41 Å². The van der Waals surface area contributed by atoms with Crippen molar-refractivity contribution in [2.45, 2.75) is 58.7 Å². The third-order valence-corrected chi connectivity index (χ3v) is 4.12. The highest BCUT2D eigenvalue weighted by Crippen LogP contribution is 2.43. The van der Waals surface area contributed by atoms with Crippen LogP contribution in [0.2, 0.25) is 0 Å². The molecule has 0 aliphatic heterocycles. The minimum Gasteiger partial charge on any atom is -0.490 e. The van der Waals surface area contributed by atoms with E-state index in [0.717, 1.165) is 12.2 Å². The molecule has 1 aromatic carbocycles. The van der Waals surface area contributed by atoms with Crippen LogP contribution in [-0.2, 0) is 5.41 Å². The molecule has 2 atom stereocenters. The minimum atomic E-state index is -0.239. The first kappa shape index (κ1) is 13.4. The Morgan fingerprint density at radius 3 is 2.11 bits per heavy atom. The number of rotatable bonds is 2. The summed E-state index contributed by atoms with van der Waals surface area (Å²) >= 11 is 0. The van der Waals surface area contributed by atoms with Crippen LogP contribution in [0.4, 0.5) is 0 Å². The average molecular weight is 248 g/mol. The molecule has 1 aliphatic carbocycles. The molecule has 100 valence electrons. The second kappa shape index (κ2) is 4.27. The molecule has 2 unspecified atom stereocenters. The third kappa shape index (κ3) is 2.39. The lowest BCUT2D eigenvalue weighted by atomic mass is 9.66. The van der Waals surface area contributed by atoms with Crippen LogP contribution in [0.5, 0.6) is 5.75 Å². The summed E-state index contributed by atoms with van der Waals surface area (Å²) in [5.74, 6) is 0.896. The summed E-state index contributed by atoms with van der Waals surface area (Å²) in [6.45, 7) is 10.7. The summed E-state index contributed by atoms with van der Waals surface area (Å²) in [7, 11) is 0. The Kier molecular flexibility index (Phi) is 3.18. The predicted molar refractivity (Wildman–Crippen MR) is 74.0 cm³/mol. The van der Waals surface area contributed by atoms with E-state index in [0.29, 0.717) is 0 Å². The molecule has 0 aromatic heterocycles. The van der Waals surface area contributed by atoms with Crippen molar-refractivity contribution in [1.29, 1.82) is 0 Å². The molecular formula is C16H24O2. The van der Waals surface area contributed by atoms with Gasteiger partial charge in [-0.3, -0.25) is 0 Å². The number of hydrogen-bond acceptors (Lipinski definition) is 2. The zero-order chi connectivity index (χ0) is 13.6. The SMILES string of the molecule is CC(C)(C)c1ccc(OC2CC(O)C2(C)C)cc1. The molecule has 1 saturated carbocycles. The van der Waals surface area contributed by atoms with Crippen LogP contribution < -0.4 is 4.74 Å². The summed E-state index contributed by atoms with van der Waals surface area (Å²) < 4.78 is 5.94. The average Bonchev–Trinajstić information content (AvgIpc) is 2.28. The molecule has 18 heavy (non-hydrogen) atoms. The molecule has 2 heteroatoms. The van der Waals surface area contributed by atoms with Gasteiger partial charge in [-0.1, -0.05) is 46.8 Å². The van der Waals surface area contributed by atoms with Gasteiger partial charge in [-0.15, -0.1) is 0 Å². The van der Waals surface area contributed by atoms with Gasteiger partial charge >= 0.3 is 0 Å². The lowest BCUT2D eigenvalue weighted by Gasteiger charge is -2.48. The number of aliphatic hydroxyl groups excluding tert-OH is 1. The molecule has 0 spiro atoms. The molecule has 0 saturated heterocycles. The number of hydrogen-bond donors (Lipinski definition) is 1. The van der Waals surface area contributed by atoms with Crippen molar-refractivity contribution in [3.05, 3.63) is 29.8 Å². The van der Waals surface area contributed by atoms with Gasteiger partial charge in [0, 0.05) is 11.8 Å². The van der Waals surface area contributed by atoms with E-state index in [4.69, 9.17) is 4.74 Å². The van der Waals surface area contributed by atoms with Gasteiger partial charge in [0.15, 0.2) is 0 Å². The molecule has 1 N–H and O–H groups in total. The molecule has 0 amide bonds. The molecule has 2 nitrogen and oxygen atoms in total. The highest BCUT2D eigenvalue weighted by molar-refractivity contribution is 5.31. The van der Waals surface area contributed by atoms with Crippen LogP contribution in [0.25, 0.3) is 0 Å². The largest absolute Gasteiger partial charge is 0.490 e. The van der Waals surface area contributed by atoms with Crippen molar-refractivity contribution in [3.63, 3.8) is 0 Å². The Hall–Kier alpha value is -1.02. The zero-order valence-electron chi connectivity index (χ0n) is 12.0. The van der Waals surface area contributed by atoms with Crippen molar-refractivity contribution in [3.8, 4) is 5.75 Å². The number of aliphatic hydroxyl groups is 1. The minimum absolute atomic E-state index is 0.119. The number of benzene rings is 1. The standard InChI is InChI=1S/C16H24O2/c1-15(2,3)11-6-8-12(9-7-11)18-14-10-13(17)16(14,4)5/h6-9,13-14,17H,10H2,1-5H3. The van der Waals surface area contributed by atoms with Gasteiger partial charge < -0.3 is 9.84 Å². The van der Waals surface area contributed by atoms with Crippen LogP contribution in [0, 0.1) is 5.41 Å². The second-order valence-corrected chi connectivity index (χ2v) is 6.95. The smallest absolute Gasteiger partial charge is 0.119 e. The van der Waals surface area contributed by atoms with E-state index in [-0.39, 0.29) is 23.0 Å². The molecular weight excluding hydrogens is 224 g/mol. The van der Waals surface area contributed by atoms with E-state index < -0.39 is 0 Å². The highest BCUT2D eigenvalue weighted by Gasteiger charge is 2.49. The van der Waals surface area contributed by atoms with Crippen LogP contribution in [0.3, 0.4) is 0 Å². The predicted octanol–water partition coefficient (Wildman–Crippen LogP) is 3.52. The summed E-state index contributed by atoms with van der Waals surface area (Å²) in [5, 5.41) is 9.69. The quantitative estimate of drug-likeness (QED) is 0.867. The first-order valence-electron chi connectivity index (χ1n) is 6.66. The first-order valence-corrected chi connectivity index (χ1v) is 6.66. The van der Waals surface area contributed by atoms with Gasteiger partial charge in [-0.25, -0.2) is 0 Å². The maximum Gasteiger partial charge on any atom is 0.119 e. The van der Waals surface area contributed by atoms with E-state index in [9.17, 15) is 5.11 Å². The van der Waals surface area contributed by atoms with E-state index in [1.165, 1.54) is 5.56 Å². The molecule has 1 fully saturated rings. The van der Waals surface area contributed by atoms with E-state index in [1.807, 2.05) is 12.1 Å². The molecule has 1 aliphatic rings. The maximum atomic E-state index is 9.69. The Morgan fingerprint density at radius 1 is 1.17 bits per heavy atom. The van der Waals surface area contributed by atoms with Crippen molar-refractivity contribution < 1.29 is 9.84 Å². The van der Waals surface area contributed by atoms with Gasteiger partial charge in [0.05, 0.1) is 6.10 Å². The van der Waals surface area contributed by atoms with Crippen molar-refractivity contribution in [2.75, 3.05) is 0 Å². The fraction of sp³-hybridized carbons (Fsp3) is 0.625. The number of ether oxygens (including phenoxy) is 1. The van der Waals surface area contributed by atoms with Gasteiger partial charge in [0.1, 0.15) is 11.9 Å². The van der Waals surface area contributed by atoms with Gasteiger partial charge in [-0.2, -0.15) is 0 Å².